The second kappa shape index (κ2) is 5.99. The van der Waals surface area contributed by atoms with Crippen molar-refractivity contribution in [3.8, 4) is 0 Å². The van der Waals surface area contributed by atoms with Crippen molar-refractivity contribution in [2.45, 2.75) is 33.0 Å². The van der Waals surface area contributed by atoms with Crippen LogP contribution in [-0.4, -0.2) is 18.0 Å². The van der Waals surface area contributed by atoms with Crippen LogP contribution in [0.1, 0.15) is 26.7 Å². The van der Waals surface area contributed by atoms with Gasteiger partial charge in [-0.2, -0.15) is 0 Å². The molecule has 2 nitrogen and oxygen atoms in total. The van der Waals surface area contributed by atoms with E-state index in [1.54, 1.807) is 0 Å². The molecule has 1 aliphatic heterocycles. The van der Waals surface area contributed by atoms with Gasteiger partial charge in [0, 0.05) is 11.8 Å². The van der Waals surface area contributed by atoms with Gasteiger partial charge in [-0.3, -0.25) is 0 Å². The van der Waals surface area contributed by atoms with Crippen molar-refractivity contribution in [3.05, 3.63) is 24.3 Å². The lowest BCUT2D eigenvalue weighted by molar-refractivity contribution is -0.0735. The van der Waals surface area contributed by atoms with Crippen molar-refractivity contribution in [1.82, 2.24) is 0 Å². The first-order chi connectivity index (χ1) is 6.79. The topological polar surface area (TPSA) is 29.5 Å². The van der Waals surface area contributed by atoms with E-state index in [1.807, 2.05) is 0 Å². The molecule has 0 saturated carbocycles. The molecule has 0 aliphatic carbocycles. The van der Waals surface area contributed by atoms with Crippen LogP contribution in [0.3, 0.4) is 0 Å². The van der Waals surface area contributed by atoms with Gasteiger partial charge in [-0.25, -0.2) is 0 Å². The molecule has 1 aliphatic rings. The van der Waals surface area contributed by atoms with Crippen LogP contribution in [0.2, 0.25) is 0 Å². The summed E-state index contributed by atoms with van der Waals surface area (Å²) in [5.74, 6) is 0.477. The van der Waals surface area contributed by atoms with Crippen LogP contribution in [-0.2, 0) is 4.74 Å². The summed E-state index contributed by atoms with van der Waals surface area (Å²) in [6, 6.07) is 0. The smallest absolute Gasteiger partial charge is 0.161 e. The lowest BCUT2D eigenvalue weighted by Crippen LogP contribution is -2.16. The quantitative estimate of drug-likeness (QED) is 0.700. The Labute approximate surface area is 86.3 Å². The monoisotopic (exact) mass is 196 g/mol. The van der Waals surface area contributed by atoms with E-state index in [0.717, 1.165) is 12.8 Å². The maximum Gasteiger partial charge on any atom is 0.161 e. The summed E-state index contributed by atoms with van der Waals surface area (Å²) < 4.78 is 5.23. The van der Waals surface area contributed by atoms with Gasteiger partial charge in [-0.05, 0) is 12.8 Å². The van der Waals surface area contributed by atoms with Crippen LogP contribution in [0.15, 0.2) is 24.3 Å². The van der Waals surface area contributed by atoms with Crippen LogP contribution >= 0.6 is 0 Å². The molecule has 1 saturated heterocycles. The molecule has 0 amide bonds. The van der Waals surface area contributed by atoms with E-state index >= 15 is 0 Å². The summed E-state index contributed by atoms with van der Waals surface area (Å²) >= 11 is 0. The van der Waals surface area contributed by atoms with Gasteiger partial charge in [0.05, 0.1) is 6.61 Å². The van der Waals surface area contributed by atoms with Gasteiger partial charge in [0.25, 0.3) is 0 Å². The summed E-state index contributed by atoms with van der Waals surface area (Å²) in [4.78, 5) is 0. The Balaban J connectivity index is 2.57. The van der Waals surface area contributed by atoms with Crippen LogP contribution < -0.4 is 0 Å². The Bertz CT molecular complexity index is 208. The van der Waals surface area contributed by atoms with Crippen LogP contribution in [0.5, 0.6) is 0 Å². The summed E-state index contributed by atoms with van der Waals surface area (Å²) in [5, 5.41) is 9.58. The Morgan fingerprint density at radius 1 is 1.21 bits per heavy atom. The standard InChI is InChI=1S/C12H20O2/c1-3-5-7-10-9-14-12(13)11(10)8-6-4-2/h5-8,10-13H,3-4,9H2,1-2H3. The van der Waals surface area contributed by atoms with Gasteiger partial charge >= 0.3 is 0 Å². The maximum absolute atomic E-state index is 9.58. The van der Waals surface area contributed by atoms with E-state index in [4.69, 9.17) is 4.74 Å². The molecule has 0 aromatic carbocycles. The zero-order chi connectivity index (χ0) is 10.4. The molecule has 14 heavy (non-hydrogen) atoms. The first-order valence-electron chi connectivity index (χ1n) is 5.42. The summed E-state index contributed by atoms with van der Waals surface area (Å²) in [5.41, 5.74) is 0. The van der Waals surface area contributed by atoms with Crippen LogP contribution in [0.4, 0.5) is 0 Å². The summed E-state index contributed by atoms with van der Waals surface area (Å²) in [7, 11) is 0. The molecule has 0 bridgehead atoms. The molecule has 0 spiro atoms. The minimum absolute atomic E-state index is 0.137. The highest BCUT2D eigenvalue weighted by Crippen LogP contribution is 2.28. The van der Waals surface area contributed by atoms with E-state index in [9.17, 15) is 5.11 Å². The third-order valence-electron chi connectivity index (χ3n) is 2.50. The Morgan fingerprint density at radius 2 is 1.86 bits per heavy atom. The number of ether oxygens (including phenoxy) is 1. The molecule has 1 fully saturated rings. The highest BCUT2D eigenvalue weighted by Gasteiger charge is 2.32. The van der Waals surface area contributed by atoms with Gasteiger partial charge in [0.2, 0.25) is 0 Å². The third kappa shape index (κ3) is 2.96. The van der Waals surface area contributed by atoms with Crippen molar-refractivity contribution in [1.29, 1.82) is 0 Å². The molecular weight excluding hydrogens is 176 g/mol. The second-order valence-corrected chi connectivity index (χ2v) is 3.64. The van der Waals surface area contributed by atoms with E-state index < -0.39 is 6.29 Å². The zero-order valence-corrected chi connectivity index (χ0v) is 9.02. The average Bonchev–Trinajstić information content (AvgIpc) is 2.53. The molecule has 1 N–H and O–H groups in total. The number of aliphatic hydroxyl groups excluding tert-OH is 1. The molecule has 0 radical (unpaired) electrons. The van der Waals surface area contributed by atoms with Crippen LogP contribution in [0.25, 0.3) is 0 Å². The molecule has 3 atom stereocenters. The summed E-state index contributed by atoms with van der Waals surface area (Å²) in [6.45, 7) is 4.84. The molecule has 0 aromatic heterocycles. The lowest BCUT2D eigenvalue weighted by atomic mass is 9.93. The van der Waals surface area contributed by atoms with Crippen molar-refractivity contribution in [2.75, 3.05) is 6.61 Å². The fourth-order valence-electron chi connectivity index (χ4n) is 1.67. The van der Waals surface area contributed by atoms with E-state index in [0.29, 0.717) is 12.5 Å². The number of hydrogen-bond acceptors (Lipinski definition) is 2. The molecule has 1 rings (SSSR count). The fourth-order valence-corrected chi connectivity index (χ4v) is 1.67. The van der Waals surface area contributed by atoms with E-state index in [1.165, 1.54) is 0 Å². The molecule has 0 aromatic rings. The van der Waals surface area contributed by atoms with Crippen molar-refractivity contribution in [3.63, 3.8) is 0 Å². The predicted molar refractivity (Wildman–Crippen MR) is 57.8 cm³/mol. The van der Waals surface area contributed by atoms with Gasteiger partial charge in [0.15, 0.2) is 6.29 Å². The lowest BCUT2D eigenvalue weighted by Gasteiger charge is -2.12. The Kier molecular flexibility index (Phi) is 4.91. The van der Waals surface area contributed by atoms with Gasteiger partial charge in [-0.15, -0.1) is 0 Å². The maximum atomic E-state index is 9.58. The summed E-state index contributed by atoms with van der Waals surface area (Å²) in [6.07, 6.45) is 9.88. The molecule has 1 heterocycles. The normalized spacial score (nSPS) is 33.5. The Hall–Kier alpha value is -0.600. The Morgan fingerprint density at radius 3 is 2.50 bits per heavy atom. The van der Waals surface area contributed by atoms with Gasteiger partial charge in [-0.1, -0.05) is 38.2 Å². The molecular formula is C12H20O2. The first kappa shape index (κ1) is 11.5. The number of hydrogen-bond donors (Lipinski definition) is 1. The molecule has 3 unspecified atom stereocenters. The van der Waals surface area contributed by atoms with Crippen molar-refractivity contribution >= 4 is 0 Å². The fraction of sp³-hybridized carbons (Fsp3) is 0.667. The minimum Gasteiger partial charge on any atom is -0.367 e. The van der Waals surface area contributed by atoms with Gasteiger partial charge < -0.3 is 9.84 Å². The van der Waals surface area contributed by atoms with Crippen molar-refractivity contribution in [2.24, 2.45) is 11.8 Å². The molecule has 2 heteroatoms. The third-order valence-corrected chi connectivity index (χ3v) is 2.50. The number of allylic oxidation sites excluding steroid dienone is 2. The largest absolute Gasteiger partial charge is 0.367 e. The SMILES string of the molecule is CCC=CC1COC(O)C1C=CCC. The van der Waals surface area contributed by atoms with Gasteiger partial charge in [0.1, 0.15) is 0 Å². The second-order valence-electron chi connectivity index (χ2n) is 3.64. The highest BCUT2D eigenvalue weighted by atomic mass is 16.6. The minimum atomic E-state index is -0.621. The highest BCUT2D eigenvalue weighted by molar-refractivity contribution is 5.03. The average molecular weight is 196 g/mol. The van der Waals surface area contributed by atoms with Crippen LogP contribution in [0, 0.1) is 11.8 Å². The first-order valence-corrected chi connectivity index (χ1v) is 5.42. The van der Waals surface area contributed by atoms with Crippen molar-refractivity contribution < 1.29 is 9.84 Å². The van der Waals surface area contributed by atoms with E-state index in [-0.39, 0.29) is 5.92 Å². The predicted octanol–water partition coefficient (Wildman–Crippen LogP) is 2.50. The zero-order valence-electron chi connectivity index (χ0n) is 9.02. The number of rotatable bonds is 4. The number of aliphatic hydroxyl groups is 1. The van der Waals surface area contributed by atoms with E-state index in [2.05, 4.69) is 38.2 Å². The molecule has 80 valence electrons.